The number of phenols is 1. The van der Waals surface area contributed by atoms with E-state index in [1.54, 1.807) is 32.4 Å². The van der Waals surface area contributed by atoms with Gasteiger partial charge in [-0.1, -0.05) is 27.2 Å². The van der Waals surface area contributed by atoms with Crippen molar-refractivity contribution in [3.8, 4) is 46.0 Å². The molecule has 5 rings (SSSR count). The molecule has 0 bridgehead atoms. The number of aromatic hydroxyl groups is 1. The topological polar surface area (TPSA) is 108 Å². The summed E-state index contributed by atoms with van der Waals surface area (Å²) < 4.78 is 46.5. The molecule has 0 saturated carbocycles. The number of methoxy groups -OCH3 is 4. The van der Waals surface area contributed by atoms with Crippen LogP contribution < -0.4 is 28.4 Å². The molecule has 47 heavy (non-hydrogen) atoms. The van der Waals surface area contributed by atoms with Crippen LogP contribution in [0.1, 0.15) is 63.7 Å². The largest absolute Gasteiger partial charge is 0.502 e. The number of rotatable bonds is 11. The van der Waals surface area contributed by atoms with Crippen molar-refractivity contribution in [2.24, 2.45) is 10.4 Å². The Morgan fingerprint density at radius 3 is 2.15 bits per heavy atom. The van der Waals surface area contributed by atoms with Gasteiger partial charge in [-0.15, -0.1) is 0 Å². The van der Waals surface area contributed by atoms with E-state index >= 15 is 0 Å². The van der Waals surface area contributed by atoms with Gasteiger partial charge >= 0.3 is 0 Å². The van der Waals surface area contributed by atoms with Gasteiger partial charge in [0.2, 0.25) is 5.75 Å². The van der Waals surface area contributed by atoms with Gasteiger partial charge in [0.1, 0.15) is 11.5 Å². The van der Waals surface area contributed by atoms with Crippen molar-refractivity contribution < 1.29 is 42.7 Å². The number of carbonyl (C=O) groups is 1. The Morgan fingerprint density at radius 2 is 1.55 bits per heavy atom. The fourth-order valence-corrected chi connectivity index (χ4v) is 5.69. The minimum absolute atomic E-state index is 0.0125. The van der Waals surface area contributed by atoms with Crippen molar-refractivity contribution in [1.29, 1.82) is 0 Å². The summed E-state index contributed by atoms with van der Waals surface area (Å²) >= 11 is 0. The Balaban J connectivity index is 0.000000221. The molecule has 11 heteroatoms. The van der Waals surface area contributed by atoms with Crippen LogP contribution in [-0.4, -0.2) is 69.3 Å². The van der Waals surface area contributed by atoms with Crippen LogP contribution in [0.3, 0.4) is 0 Å². The summed E-state index contributed by atoms with van der Waals surface area (Å²) in [5.41, 5.74) is 0.962. The summed E-state index contributed by atoms with van der Waals surface area (Å²) in [6.07, 6.45) is 5.94. The lowest BCUT2D eigenvalue weighted by molar-refractivity contribution is 0.0712. The van der Waals surface area contributed by atoms with Crippen LogP contribution >= 0.6 is 0 Å². The first-order valence-electron chi connectivity index (χ1n) is 15.6. The standard InChI is InChI=1S/C21H27FO5.C15H18N2O3/c1-6-9-21(2,3)13-26-14-7-8-17(16(22)10-14)27-15-11-18(24-4)20(23)19(12-15)25-5;1-15-5-4-6-17(15)14(18)10-7-12(19-2)13(20-3)8-11(10)16-9-15/h7-8,10-12,23H,6,9,13H2,1-5H3;7-9H,4-6H2,1-3H3. The van der Waals surface area contributed by atoms with E-state index in [4.69, 9.17) is 28.4 Å². The van der Waals surface area contributed by atoms with Crippen LogP contribution in [-0.2, 0) is 0 Å². The summed E-state index contributed by atoms with van der Waals surface area (Å²) in [4.78, 5) is 19.2. The maximum absolute atomic E-state index is 14.4. The maximum atomic E-state index is 14.4. The Hall–Kier alpha value is -4.67. The second kappa shape index (κ2) is 14.8. The molecule has 1 fully saturated rings. The molecule has 10 nitrogen and oxygen atoms in total. The van der Waals surface area contributed by atoms with Gasteiger partial charge in [-0.05, 0) is 49.8 Å². The Labute approximate surface area is 276 Å². The number of benzene rings is 3. The summed E-state index contributed by atoms with van der Waals surface area (Å²) in [7, 11) is 5.96. The zero-order valence-electron chi connectivity index (χ0n) is 28.4. The van der Waals surface area contributed by atoms with Gasteiger partial charge in [-0.3, -0.25) is 9.79 Å². The number of halogens is 1. The first-order valence-corrected chi connectivity index (χ1v) is 15.6. The maximum Gasteiger partial charge on any atom is 0.256 e. The van der Waals surface area contributed by atoms with E-state index in [0.29, 0.717) is 35.1 Å². The summed E-state index contributed by atoms with van der Waals surface area (Å²) in [6.45, 7) is 9.70. The molecule has 3 aromatic rings. The molecular formula is C36H45FN2O8. The van der Waals surface area contributed by atoms with E-state index in [1.165, 1.54) is 38.5 Å². The highest BCUT2D eigenvalue weighted by Gasteiger charge is 2.41. The van der Waals surface area contributed by atoms with Gasteiger partial charge in [-0.25, -0.2) is 4.39 Å². The van der Waals surface area contributed by atoms with Crippen molar-refractivity contribution in [3.05, 3.63) is 53.8 Å². The molecule has 1 unspecified atom stereocenters. The molecule has 0 radical (unpaired) electrons. The third-order valence-corrected chi connectivity index (χ3v) is 8.28. The Morgan fingerprint density at radius 1 is 0.915 bits per heavy atom. The van der Waals surface area contributed by atoms with Crippen LogP contribution in [0, 0.1) is 11.2 Å². The number of hydrogen-bond acceptors (Lipinski definition) is 9. The van der Waals surface area contributed by atoms with Crippen molar-refractivity contribution >= 4 is 17.8 Å². The number of nitrogens with zero attached hydrogens (tertiary/aromatic N) is 2. The highest BCUT2D eigenvalue weighted by atomic mass is 19.1. The van der Waals surface area contributed by atoms with Gasteiger partial charge in [-0.2, -0.15) is 0 Å². The Bertz CT molecular complexity index is 1580. The van der Waals surface area contributed by atoms with Gasteiger partial charge < -0.3 is 38.4 Å². The number of amides is 1. The lowest BCUT2D eigenvalue weighted by Crippen LogP contribution is -2.45. The van der Waals surface area contributed by atoms with Crippen LogP contribution in [0.15, 0.2) is 47.5 Å². The summed E-state index contributed by atoms with van der Waals surface area (Å²) in [6, 6.07) is 10.8. The van der Waals surface area contributed by atoms with Crippen LogP contribution in [0.5, 0.6) is 46.0 Å². The normalized spacial score (nSPS) is 16.7. The number of aliphatic imine (C=N–C) groups is 1. The molecule has 0 aliphatic carbocycles. The molecular weight excluding hydrogens is 607 g/mol. The number of carbonyl (C=O) groups excluding carboxylic acids is 1. The highest BCUT2D eigenvalue weighted by molar-refractivity contribution is 6.04. The molecule has 3 aromatic carbocycles. The van der Waals surface area contributed by atoms with Gasteiger partial charge in [0.05, 0.1) is 51.8 Å². The summed E-state index contributed by atoms with van der Waals surface area (Å²) in [5.74, 6) is 1.55. The van der Waals surface area contributed by atoms with E-state index in [9.17, 15) is 14.3 Å². The second-order valence-electron chi connectivity index (χ2n) is 12.5. The van der Waals surface area contributed by atoms with Gasteiger partial charge in [0.15, 0.2) is 34.6 Å². The zero-order chi connectivity index (χ0) is 34.4. The predicted molar refractivity (Wildman–Crippen MR) is 178 cm³/mol. The SMILES string of the molecule is CCCC(C)(C)COc1ccc(Oc2cc(OC)c(O)c(OC)c2)c(F)c1.COc1cc2c(cc1OC)C(=O)N1CCCC1(C)C=N2. The quantitative estimate of drug-likeness (QED) is 0.222. The van der Waals surface area contributed by atoms with E-state index < -0.39 is 5.82 Å². The molecule has 1 amide bonds. The number of fused-ring (bicyclic) bond motifs is 2. The predicted octanol–water partition coefficient (Wildman–Crippen LogP) is 7.96. The fraction of sp³-hybridized carbons (Fsp3) is 0.444. The smallest absolute Gasteiger partial charge is 0.256 e. The fourth-order valence-electron chi connectivity index (χ4n) is 5.69. The Kier molecular flexibility index (Phi) is 11.1. The molecule has 1 saturated heterocycles. The third-order valence-electron chi connectivity index (χ3n) is 8.28. The van der Waals surface area contributed by atoms with Crippen molar-refractivity contribution in [2.75, 3.05) is 41.6 Å². The first kappa shape index (κ1) is 35.2. The van der Waals surface area contributed by atoms with Crippen molar-refractivity contribution in [2.45, 2.75) is 58.9 Å². The van der Waals surface area contributed by atoms with Crippen molar-refractivity contribution in [1.82, 2.24) is 4.90 Å². The van der Waals surface area contributed by atoms with E-state index in [2.05, 4.69) is 32.7 Å². The lowest BCUT2D eigenvalue weighted by Gasteiger charge is -2.30. The number of hydrogen-bond donors (Lipinski definition) is 1. The monoisotopic (exact) mass is 652 g/mol. The molecule has 0 aromatic heterocycles. The van der Waals surface area contributed by atoms with Crippen LogP contribution in [0.2, 0.25) is 0 Å². The minimum atomic E-state index is -0.549. The second-order valence-corrected chi connectivity index (χ2v) is 12.5. The lowest BCUT2D eigenvalue weighted by atomic mass is 9.89. The molecule has 2 aliphatic heterocycles. The van der Waals surface area contributed by atoms with Gasteiger partial charge in [0.25, 0.3) is 5.91 Å². The molecule has 254 valence electrons. The van der Waals surface area contributed by atoms with Gasteiger partial charge in [0, 0.05) is 37.0 Å². The first-order chi connectivity index (χ1) is 22.4. The summed E-state index contributed by atoms with van der Waals surface area (Å²) in [5, 5.41) is 9.94. The molecule has 0 spiro atoms. The average Bonchev–Trinajstić information content (AvgIpc) is 3.41. The third kappa shape index (κ3) is 8.01. The number of ether oxygens (including phenoxy) is 6. The highest BCUT2D eigenvalue weighted by Crippen LogP contribution is 2.42. The van der Waals surface area contributed by atoms with E-state index in [-0.39, 0.29) is 45.6 Å². The van der Waals surface area contributed by atoms with Crippen LogP contribution in [0.25, 0.3) is 0 Å². The molecule has 2 aliphatic rings. The zero-order valence-corrected chi connectivity index (χ0v) is 28.4. The van der Waals surface area contributed by atoms with E-state index in [1.807, 2.05) is 11.1 Å². The van der Waals surface area contributed by atoms with E-state index in [0.717, 1.165) is 32.2 Å². The average molecular weight is 653 g/mol. The molecule has 1 N–H and O–H groups in total. The van der Waals surface area contributed by atoms with Crippen molar-refractivity contribution in [3.63, 3.8) is 0 Å². The molecule has 1 atom stereocenters. The van der Waals surface area contributed by atoms with Crippen LogP contribution in [0.4, 0.5) is 10.1 Å². The minimum Gasteiger partial charge on any atom is -0.502 e. The molecule has 2 heterocycles. The number of phenolic OH excluding ortho intramolecular Hbond substituents is 1.